The molecule has 24 heavy (non-hydrogen) atoms. The molecule has 2 aromatic carbocycles. The van der Waals surface area contributed by atoms with Crippen LogP contribution in [0, 0.1) is 5.82 Å². The Morgan fingerprint density at radius 3 is 2.71 bits per heavy atom. The molecule has 0 spiro atoms. The number of hydrogen-bond donors (Lipinski definition) is 2. The van der Waals surface area contributed by atoms with Crippen LogP contribution < -0.4 is 15.8 Å². The zero-order chi connectivity index (χ0) is 17.4. The van der Waals surface area contributed by atoms with E-state index in [1.165, 1.54) is 12.1 Å². The number of benzene rings is 2. The first kappa shape index (κ1) is 17.7. The number of aryl methyl sites for hydroxylation is 1. The third-order valence-corrected chi connectivity index (χ3v) is 3.44. The lowest BCUT2D eigenvalue weighted by Gasteiger charge is -2.10. The molecule has 5 nitrogen and oxygen atoms in total. The van der Waals surface area contributed by atoms with Crippen molar-refractivity contribution in [2.24, 2.45) is 0 Å². The summed E-state index contributed by atoms with van der Waals surface area (Å²) in [4.78, 5) is 12.0. The van der Waals surface area contributed by atoms with Crippen LogP contribution in [0.2, 0.25) is 0 Å². The van der Waals surface area contributed by atoms with Gasteiger partial charge in [0.15, 0.2) is 11.6 Å². The summed E-state index contributed by atoms with van der Waals surface area (Å²) in [5.41, 5.74) is 7.81. The summed E-state index contributed by atoms with van der Waals surface area (Å²) in [5.74, 6) is -0.607. The Labute approximate surface area is 140 Å². The van der Waals surface area contributed by atoms with Gasteiger partial charge < -0.3 is 20.5 Å². The maximum Gasteiger partial charge on any atom is 0.224 e. The summed E-state index contributed by atoms with van der Waals surface area (Å²) in [6, 6.07) is 11.7. The van der Waals surface area contributed by atoms with Crippen molar-refractivity contribution in [3.63, 3.8) is 0 Å². The highest BCUT2D eigenvalue weighted by Crippen LogP contribution is 2.21. The van der Waals surface area contributed by atoms with Crippen LogP contribution in [-0.4, -0.2) is 26.2 Å². The lowest BCUT2D eigenvalue weighted by atomic mass is 10.1. The van der Waals surface area contributed by atoms with Crippen molar-refractivity contribution in [1.82, 2.24) is 0 Å². The van der Waals surface area contributed by atoms with Gasteiger partial charge in [-0.15, -0.1) is 0 Å². The zero-order valence-corrected chi connectivity index (χ0v) is 13.5. The number of halogens is 1. The molecule has 0 aliphatic heterocycles. The minimum absolute atomic E-state index is 0.127. The van der Waals surface area contributed by atoms with Gasteiger partial charge in [0.05, 0.1) is 6.61 Å². The van der Waals surface area contributed by atoms with Crippen LogP contribution in [0.3, 0.4) is 0 Å². The highest BCUT2D eigenvalue weighted by molar-refractivity contribution is 5.91. The largest absolute Gasteiger partial charge is 0.488 e. The molecule has 0 bridgehead atoms. The van der Waals surface area contributed by atoms with Crippen molar-refractivity contribution < 1.29 is 18.7 Å². The standard InChI is InChI=1S/C18H21FN2O3/c1-23-10-11-24-17-8-7-14(12-15(17)19)21-18(22)9-6-13-4-2-3-5-16(13)20/h2-5,7-8,12H,6,9-11,20H2,1H3,(H,21,22). The number of nitrogens with one attached hydrogen (secondary N) is 1. The summed E-state index contributed by atoms with van der Waals surface area (Å²) in [5, 5.41) is 2.67. The summed E-state index contributed by atoms with van der Waals surface area (Å²) in [6.45, 7) is 0.637. The zero-order valence-electron chi connectivity index (χ0n) is 13.5. The lowest BCUT2D eigenvalue weighted by molar-refractivity contribution is -0.116. The van der Waals surface area contributed by atoms with E-state index in [9.17, 15) is 9.18 Å². The van der Waals surface area contributed by atoms with E-state index < -0.39 is 5.82 Å². The fourth-order valence-corrected chi connectivity index (χ4v) is 2.16. The Hall–Kier alpha value is -2.60. The number of anilines is 2. The molecule has 0 unspecified atom stereocenters. The molecule has 6 heteroatoms. The molecule has 0 radical (unpaired) electrons. The molecule has 0 aromatic heterocycles. The highest BCUT2D eigenvalue weighted by Gasteiger charge is 2.08. The summed E-state index contributed by atoms with van der Waals surface area (Å²) >= 11 is 0. The Morgan fingerprint density at radius 1 is 1.21 bits per heavy atom. The molecule has 2 rings (SSSR count). The predicted octanol–water partition coefficient (Wildman–Crippen LogP) is 3.00. The average Bonchev–Trinajstić information content (AvgIpc) is 2.56. The number of methoxy groups -OCH3 is 1. The van der Waals surface area contributed by atoms with Crippen LogP contribution in [-0.2, 0) is 16.0 Å². The summed E-state index contributed by atoms with van der Waals surface area (Å²) in [7, 11) is 1.54. The van der Waals surface area contributed by atoms with Gasteiger partial charge in [0.2, 0.25) is 5.91 Å². The molecular weight excluding hydrogens is 311 g/mol. The first-order chi connectivity index (χ1) is 11.6. The molecule has 0 heterocycles. The summed E-state index contributed by atoms with van der Waals surface area (Å²) in [6.07, 6.45) is 0.793. The predicted molar refractivity (Wildman–Crippen MR) is 91.6 cm³/mol. The van der Waals surface area contributed by atoms with Crippen LogP contribution in [0.25, 0.3) is 0 Å². The monoisotopic (exact) mass is 332 g/mol. The third-order valence-electron chi connectivity index (χ3n) is 3.44. The van der Waals surface area contributed by atoms with E-state index in [1.807, 2.05) is 18.2 Å². The Morgan fingerprint density at radius 2 is 2.00 bits per heavy atom. The van der Waals surface area contributed by atoms with Crippen molar-refractivity contribution in [2.45, 2.75) is 12.8 Å². The van der Waals surface area contributed by atoms with Gasteiger partial charge in [-0.1, -0.05) is 18.2 Å². The van der Waals surface area contributed by atoms with Gasteiger partial charge in [-0.25, -0.2) is 4.39 Å². The van der Waals surface area contributed by atoms with Gasteiger partial charge >= 0.3 is 0 Å². The number of nitrogen functional groups attached to an aromatic ring is 1. The van der Waals surface area contributed by atoms with Crippen LogP contribution in [0.5, 0.6) is 5.75 Å². The molecule has 0 aliphatic carbocycles. The summed E-state index contributed by atoms with van der Waals surface area (Å²) < 4.78 is 24.0. The topological polar surface area (TPSA) is 73.6 Å². The van der Waals surface area contributed by atoms with E-state index in [4.69, 9.17) is 15.2 Å². The Kier molecular flexibility index (Phi) is 6.57. The fourth-order valence-electron chi connectivity index (χ4n) is 2.16. The van der Waals surface area contributed by atoms with Gasteiger partial charge in [0.1, 0.15) is 6.61 Å². The average molecular weight is 332 g/mol. The molecule has 0 saturated carbocycles. The number of carbonyl (C=O) groups is 1. The molecule has 0 atom stereocenters. The molecule has 0 saturated heterocycles. The van der Waals surface area contributed by atoms with Gasteiger partial charge in [-0.2, -0.15) is 0 Å². The highest BCUT2D eigenvalue weighted by atomic mass is 19.1. The first-order valence-electron chi connectivity index (χ1n) is 7.64. The van der Waals surface area contributed by atoms with Crippen LogP contribution in [0.4, 0.5) is 15.8 Å². The molecular formula is C18H21FN2O3. The van der Waals surface area contributed by atoms with E-state index >= 15 is 0 Å². The van der Waals surface area contributed by atoms with Gasteiger partial charge in [-0.3, -0.25) is 4.79 Å². The first-order valence-corrected chi connectivity index (χ1v) is 7.64. The van der Waals surface area contributed by atoms with Crippen LogP contribution >= 0.6 is 0 Å². The Bertz CT molecular complexity index is 692. The number of hydrogen-bond acceptors (Lipinski definition) is 4. The van der Waals surface area contributed by atoms with E-state index in [0.717, 1.165) is 5.56 Å². The normalized spacial score (nSPS) is 10.4. The van der Waals surface area contributed by atoms with Crippen LogP contribution in [0.15, 0.2) is 42.5 Å². The van der Waals surface area contributed by atoms with Crippen molar-refractivity contribution in [3.05, 3.63) is 53.8 Å². The van der Waals surface area contributed by atoms with E-state index in [2.05, 4.69) is 5.32 Å². The fraction of sp³-hybridized carbons (Fsp3) is 0.278. The SMILES string of the molecule is COCCOc1ccc(NC(=O)CCc2ccccc2N)cc1F. The van der Waals surface area contributed by atoms with Crippen molar-refractivity contribution >= 4 is 17.3 Å². The molecule has 2 aromatic rings. The van der Waals surface area contributed by atoms with E-state index in [-0.39, 0.29) is 24.7 Å². The number of para-hydroxylation sites is 1. The number of nitrogens with two attached hydrogens (primary N) is 1. The Balaban J connectivity index is 1.87. The smallest absolute Gasteiger partial charge is 0.224 e. The molecule has 128 valence electrons. The van der Waals surface area contributed by atoms with Gasteiger partial charge in [0, 0.05) is 31.0 Å². The molecule has 0 fully saturated rings. The maximum atomic E-state index is 13.9. The second-order valence-electron chi connectivity index (χ2n) is 5.23. The third kappa shape index (κ3) is 5.24. The van der Waals surface area contributed by atoms with Crippen LogP contribution in [0.1, 0.15) is 12.0 Å². The molecule has 1 amide bonds. The van der Waals surface area contributed by atoms with E-state index in [1.54, 1.807) is 19.2 Å². The number of carbonyl (C=O) groups excluding carboxylic acids is 1. The lowest BCUT2D eigenvalue weighted by Crippen LogP contribution is -2.13. The minimum atomic E-state index is -0.531. The second kappa shape index (κ2) is 8.88. The maximum absolute atomic E-state index is 13.9. The quantitative estimate of drug-likeness (QED) is 0.576. The molecule has 3 N–H and O–H groups in total. The van der Waals surface area contributed by atoms with E-state index in [0.29, 0.717) is 24.4 Å². The van der Waals surface area contributed by atoms with Gasteiger partial charge in [0.25, 0.3) is 0 Å². The molecule has 0 aliphatic rings. The van der Waals surface area contributed by atoms with Crippen molar-refractivity contribution in [3.8, 4) is 5.75 Å². The van der Waals surface area contributed by atoms with Crippen molar-refractivity contribution in [2.75, 3.05) is 31.4 Å². The number of rotatable bonds is 8. The van der Waals surface area contributed by atoms with Crippen molar-refractivity contribution in [1.29, 1.82) is 0 Å². The number of ether oxygens (including phenoxy) is 2. The number of amides is 1. The van der Waals surface area contributed by atoms with Gasteiger partial charge in [-0.05, 0) is 30.2 Å². The second-order valence-corrected chi connectivity index (χ2v) is 5.23. The minimum Gasteiger partial charge on any atom is -0.488 e.